The van der Waals surface area contributed by atoms with Gasteiger partial charge in [0.1, 0.15) is 0 Å². The second-order valence-corrected chi connectivity index (χ2v) is 1.41. The first-order chi connectivity index (χ1) is 4.31. The standard InChI is InChI=1S/C7H10O2/c1-3-5-6-7(8)9-4-2/h4-6H,2-3H2,1H3. The van der Waals surface area contributed by atoms with Gasteiger partial charge in [-0.25, -0.2) is 4.79 Å². The lowest BCUT2D eigenvalue weighted by atomic mass is 10.4. The molecule has 0 radical (unpaired) electrons. The summed E-state index contributed by atoms with van der Waals surface area (Å²) in [5.41, 5.74) is 0. The smallest absolute Gasteiger partial charge is 0.335 e. The number of carbonyl (C=O) groups excluding carboxylic acids is 1. The highest BCUT2D eigenvalue weighted by molar-refractivity contribution is 5.82. The summed E-state index contributed by atoms with van der Waals surface area (Å²) in [6, 6.07) is 0. The summed E-state index contributed by atoms with van der Waals surface area (Å²) in [6.07, 6.45) is 5.06. The Morgan fingerprint density at radius 1 is 1.78 bits per heavy atom. The van der Waals surface area contributed by atoms with Crippen LogP contribution in [-0.2, 0) is 9.53 Å². The molecule has 2 heteroatoms. The molecule has 0 bridgehead atoms. The van der Waals surface area contributed by atoms with Gasteiger partial charge in [0.25, 0.3) is 0 Å². The lowest BCUT2D eigenvalue weighted by molar-refractivity contribution is -0.132. The van der Waals surface area contributed by atoms with Gasteiger partial charge in [0.15, 0.2) is 0 Å². The van der Waals surface area contributed by atoms with Gasteiger partial charge < -0.3 is 4.74 Å². The molecular formula is C7H10O2. The van der Waals surface area contributed by atoms with E-state index in [1.165, 1.54) is 6.08 Å². The average Bonchev–Trinajstić information content (AvgIpc) is 1.85. The number of ether oxygens (including phenoxy) is 1. The van der Waals surface area contributed by atoms with Crippen molar-refractivity contribution >= 4 is 5.97 Å². The van der Waals surface area contributed by atoms with E-state index in [0.29, 0.717) is 0 Å². The van der Waals surface area contributed by atoms with Crippen LogP contribution in [0.3, 0.4) is 0 Å². The van der Waals surface area contributed by atoms with E-state index in [9.17, 15) is 4.79 Å². The molecule has 0 amide bonds. The largest absolute Gasteiger partial charge is 0.432 e. The van der Waals surface area contributed by atoms with E-state index in [1.807, 2.05) is 6.92 Å². The molecule has 2 nitrogen and oxygen atoms in total. The lowest BCUT2D eigenvalue weighted by Gasteiger charge is -1.87. The quantitative estimate of drug-likeness (QED) is 0.326. The van der Waals surface area contributed by atoms with Crippen LogP contribution in [0.15, 0.2) is 25.0 Å². The topological polar surface area (TPSA) is 26.3 Å². The zero-order valence-electron chi connectivity index (χ0n) is 5.46. The molecule has 50 valence electrons. The van der Waals surface area contributed by atoms with E-state index in [0.717, 1.165) is 12.7 Å². The third-order valence-electron chi connectivity index (χ3n) is 0.689. The van der Waals surface area contributed by atoms with E-state index in [1.54, 1.807) is 6.08 Å². The Hall–Kier alpha value is -1.05. The Bertz CT molecular complexity index is 125. The highest BCUT2D eigenvalue weighted by Crippen LogP contribution is 1.83. The highest BCUT2D eigenvalue weighted by atomic mass is 16.5. The molecule has 0 atom stereocenters. The van der Waals surface area contributed by atoms with Crippen LogP contribution in [0.5, 0.6) is 0 Å². The Morgan fingerprint density at radius 3 is 2.89 bits per heavy atom. The number of allylic oxidation sites excluding steroid dienone is 1. The van der Waals surface area contributed by atoms with Crippen LogP contribution < -0.4 is 0 Å². The van der Waals surface area contributed by atoms with Crippen molar-refractivity contribution in [2.75, 3.05) is 0 Å². The molecule has 9 heavy (non-hydrogen) atoms. The predicted octanol–water partition coefficient (Wildman–Crippen LogP) is 1.64. The summed E-state index contributed by atoms with van der Waals surface area (Å²) >= 11 is 0. The van der Waals surface area contributed by atoms with Gasteiger partial charge in [-0.3, -0.25) is 0 Å². The van der Waals surface area contributed by atoms with Gasteiger partial charge >= 0.3 is 5.97 Å². The molecule has 0 aromatic heterocycles. The zero-order valence-corrected chi connectivity index (χ0v) is 5.46. The maximum absolute atomic E-state index is 10.4. The van der Waals surface area contributed by atoms with Crippen molar-refractivity contribution < 1.29 is 9.53 Å². The number of esters is 1. The second-order valence-electron chi connectivity index (χ2n) is 1.41. The van der Waals surface area contributed by atoms with Crippen LogP contribution in [0.1, 0.15) is 13.3 Å². The van der Waals surface area contributed by atoms with Crippen LogP contribution in [-0.4, -0.2) is 5.97 Å². The van der Waals surface area contributed by atoms with Crippen molar-refractivity contribution in [1.82, 2.24) is 0 Å². The zero-order chi connectivity index (χ0) is 7.11. The summed E-state index contributed by atoms with van der Waals surface area (Å²) in [7, 11) is 0. The van der Waals surface area contributed by atoms with Crippen LogP contribution in [0.2, 0.25) is 0 Å². The Balaban J connectivity index is 3.49. The Morgan fingerprint density at radius 2 is 2.44 bits per heavy atom. The molecule has 0 rings (SSSR count). The van der Waals surface area contributed by atoms with Crippen molar-refractivity contribution in [3.8, 4) is 0 Å². The Kier molecular flexibility index (Phi) is 4.50. The molecule has 0 fully saturated rings. The van der Waals surface area contributed by atoms with Gasteiger partial charge in [0, 0.05) is 6.08 Å². The monoisotopic (exact) mass is 126 g/mol. The third-order valence-corrected chi connectivity index (χ3v) is 0.689. The maximum Gasteiger partial charge on any atom is 0.335 e. The first-order valence-corrected chi connectivity index (χ1v) is 2.79. The minimum absolute atomic E-state index is 0.369. The Labute approximate surface area is 54.8 Å². The highest BCUT2D eigenvalue weighted by Gasteiger charge is 1.87. The first kappa shape index (κ1) is 7.95. The van der Waals surface area contributed by atoms with Crippen molar-refractivity contribution in [3.05, 3.63) is 25.0 Å². The van der Waals surface area contributed by atoms with E-state index in [4.69, 9.17) is 0 Å². The van der Waals surface area contributed by atoms with Gasteiger partial charge in [0.05, 0.1) is 6.26 Å². The van der Waals surface area contributed by atoms with Gasteiger partial charge in [-0.1, -0.05) is 19.6 Å². The SMILES string of the molecule is C=COC(=O)C=CCC. The molecule has 0 saturated heterocycles. The average molecular weight is 126 g/mol. The minimum atomic E-state index is -0.369. The van der Waals surface area contributed by atoms with Crippen LogP contribution in [0.4, 0.5) is 0 Å². The van der Waals surface area contributed by atoms with Crippen LogP contribution in [0.25, 0.3) is 0 Å². The normalized spacial score (nSPS) is 9.44. The van der Waals surface area contributed by atoms with E-state index < -0.39 is 0 Å². The predicted molar refractivity (Wildman–Crippen MR) is 35.7 cm³/mol. The summed E-state index contributed by atoms with van der Waals surface area (Å²) in [4.78, 5) is 10.4. The summed E-state index contributed by atoms with van der Waals surface area (Å²) in [5.74, 6) is -0.369. The van der Waals surface area contributed by atoms with Gasteiger partial charge in [0.2, 0.25) is 0 Å². The van der Waals surface area contributed by atoms with Gasteiger partial charge in [-0.05, 0) is 6.42 Å². The maximum atomic E-state index is 10.4. The number of hydrogen-bond acceptors (Lipinski definition) is 2. The van der Waals surface area contributed by atoms with E-state index in [-0.39, 0.29) is 5.97 Å². The molecule has 0 aromatic carbocycles. The van der Waals surface area contributed by atoms with Gasteiger partial charge in [-0.2, -0.15) is 0 Å². The van der Waals surface area contributed by atoms with Crippen LogP contribution in [0, 0.1) is 0 Å². The third kappa shape index (κ3) is 4.81. The molecule has 0 N–H and O–H groups in total. The molecule has 0 heterocycles. The molecule has 0 aromatic rings. The summed E-state index contributed by atoms with van der Waals surface area (Å²) in [6.45, 7) is 5.17. The van der Waals surface area contributed by atoms with E-state index >= 15 is 0 Å². The molecule has 0 unspecified atom stereocenters. The van der Waals surface area contributed by atoms with Gasteiger partial charge in [-0.15, -0.1) is 0 Å². The van der Waals surface area contributed by atoms with Crippen molar-refractivity contribution in [1.29, 1.82) is 0 Å². The number of rotatable bonds is 3. The lowest BCUT2D eigenvalue weighted by Crippen LogP contribution is -1.91. The van der Waals surface area contributed by atoms with Crippen molar-refractivity contribution in [2.45, 2.75) is 13.3 Å². The summed E-state index contributed by atoms with van der Waals surface area (Å²) < 4.78 is 4.38. The molecule has 0 aliphatic heterocycles. The van der Waals surface area contributed by atoms with Crippen molar-refractivity contribution in [2.24, 2.45) is 0 Å². The first-order valence-electron chi connectivity index (χ1n) is 2.79. The second kappa shape index (κ2) is 5.09. The fraction of sp³-hybridized carbons (Fsp3) is 0.286. The van der Waals surface area contributed by atoms with Crippen LogP contribution >= 0.6 is 0 Å². The minimum Gasteiger partial charge on any atom is -0.432 e. The molecule has 0 aliphatic carbocycles. The molecule has 0 saturated carbocycles. The fourth-order valence-electron chi connectivity index (χ4n) is 0.335. The summed E-state index contributed by atoms with van der Waals surface area (Å²) in [5, 5.41) is 0. The fourth-order valence-corrected chi connectivity index (χ4v) is 0.335. The molecular weight excluding hydrogens is 116 g/mol. The molecule has 0 spiro atoms. The number of hydrogen-bond donors (Lipinski definition) is 0. The van der Waals surface area contributed by atoms with E-state index in [2.05, 4.69) is 11.3 Å². The molecule has 0 aliphatic rings. The number of carbonyl (C=O) groups is 1. The van der Waals surface area contributed by atoms with Crippen molar-refractivity contribution in [3.63, 3.8) is 0 Å².